The lowest BCUT2D eigenvalue weighted by molar-refractivity contribution is 0.119. The molecule has 4 nitrogen and oxygen atoms in total. The molecule has 0 radical (unpaired) electrons. The summed E-state index contributed by atoms with van der Waals surface area (Å²) in [6.07, 6.45) is 0. The average molecular weight is 252 g/mol. The Morgan fingerprint density at radius 1 is 1.54 bits per heavy atom. The average Bonchev–Trinajstić information content (AvgIpc) is 2.09. The molecule has 4 N–H and O–H groups in total. The monoisotopic (exact) mass is 251 g/mol. The van der Waals surface area contributed by atoms with Gasteiger partial charge in [0.25, 0.3) is 0 Å². The molecule has 0 unspecified atom stereocenters. The highest BCUT2D eigenvalue weighted by Crippen LogP contribution is 2.35. The summed E-state index contributed by atoms with van der Waals surface area (Å²) in [5.74, 6) is 3.02. The van der Waals surface area contributed by atoms with Crippen molar-refractivity contribution >= 4 is 15.9 Å². The quantitative estimate of drug-likeness (QED) is 0.549. The zero-order chi connectivity index (χ0) is 10.0. The summed E-state index contributed by atoms with van der Waals surface area (Å²) in [7, 11) is 0. The maximum absolute atomic E-state index is 13.2. The van der Waals surface area contributed by atoms with Crippen LogP contribution in [0.4, 0.5) is 4.39 Å². The molecule has 1 aromatic rings. The molecule has 1 rings (SSSR count). The topological polar surface area (TPSA) is 75.7 Å². The van der Waals surface area contributed by atoms with Crippen LogP contribution in [0.25, 0.3) is 0 Å². The number of aromatic hydroxyl groups is 2. The van der Waals surface area contributed by atoms with E-state index < -0.39 is 17.3 Å². The van der Waals surface area contributed by atoms with Crippen LogP contribution in [0.5, 0.6) is 11.5 Å². The first kappa shape index (κ1) is 10.2. The van der Waals surface area contributed by atoms with Gasteiger partial charge in [0.05, 0.1) is 16.6 Å². The highest BCUT2D eigenvalue weighted by Gasteiger charge is 2.15. The number of phenols is 2. The van der Waals surface area contributed by atoms with E-state index in [4.69, 9.17) is 11.0 Å². The van der Waals surface area contributed by atoms with Crippen molar-refractivity contribution in [1.29, 1.82) is 0 Å². The van der Waals surface area contributed by atoms with Crippen LogP contribution in [-0.2, 0) is 11.4 Å². The third kappa shape index (κ3) is 1.90. The molecule has 0 atom stereocenters. The smallest absolute Gasteiger partial charge is 0.166 e. The molecule has 1 aromatic carbocycles. The fourth-order valence-electron chi connectivity index (χ4n) is 0.870. The SMILES string of the molecule is NOCc1c(O)c(O)cc(Br)c1F. The van der Waals surface area contributed by atoms with E-state index >= 15 is 0 Å². The second-order valence-corrected chi connectivity index (χ2v) is 3.18. The highest BCUT2D eigenvalue weighted by atomic mass is 79.9. The molecule has 0 saturated carbocycles. The molecule has 0 heterocycles. The molecule has 72 valence electrons. The molecule has 0 aliphatic rings. The minimum Gasteiger partial charge on any atom is -0.504 e. The van der Waals surface area contributed by atoms with Crippen LogP contribution in [0.15, 0.2) is 10.5 Å². The second-order valence-electron chi connectivity index (χ2n) is 2.33. The Morgan fingerprint density at radius 3 is 2.69 bits per heavy atom. The van der Waals surface area contributed by atoms with Gasteiger partial charge in [-0.15, -0.1) is 0 Å². The summed E-state index contributed by atoms with van der Waals surface area (Å²) >= 11 is 2.86. The maximum Gasteiger partial charge on any atom is 0.166 e. The van der Waals surface area contributed by atoms with Crippen LogP contribution in [0.3, 0.4) is 0 Å². The summed E-state index contributed by atoms with van der Waals surface area (Å²) in [6, 6.07) is 1.05. The second kappa shape index (κ2) is 3.91. The fourth-order valence-corrected chi connectivity index (χ4v) is 1.33. The van der Waals surface area contributed by atoms with E-state index in [1.807, 2.05) is 0 Å². The van der Waals surface area contributed by atoms with Crippen molar-refractivity contribution in [3.8, 4) is 11.5 Å². The molecule has 6 heteroatoms. The first-order valence-electron chi connectivity index (χ1n) is 3.28. The Labute approximate surface area is 81.8 Å². The molecule has 0 amide bonds. The Morgan fingerprint density at radius 2 is 2.15 bits per heavy atom. The van der Waals surface area contributed by atoms with Gasteiger partial charge in [0.15, 0.2) is 11.5 Å². The minimum atomic E-state index is -0.708. The number of phenolic OH excluding ortho intramolecular Hbond substituents is 2. The van der Waals surface area contributed by atoms with E-state index in [0.717, 1.165) is 6.07 Å². The first-order valence-corrected chi connectivity index (χ1v) is 4.07. The van der Waals surface area contributed by atoms with E-state index in [9.17, 15) is 9.50 Å². The number of halogens is 2. The van der Waals surface area contributed by atoms with Gasteiger partial charge in [-0.1, -0.05) is 0 Å². The maximum atomic E-state index is 13.2. The number of benzene rings is 1. The van der Waals surface area contributed by atoms with Crippen LogP contribution in [0, 0.1) is 5.82 Å². The van der Waals surface area contributed by atoms with E-state index in [1.165, 1.54) is 0 Å². The zero-order valence-corrected chi connectivity index (χ0v) is 8.01. The summed E-state index contributed by atoms with van der Waals surface area (Å²) in [5, 5.41) is 18.3. The predicted molar refractivity (Wildman–Crippen MR) is 46.4 cm³/mol. The number of hydrogen-bond donors (Lipinski definition) is 3. The summed E-state index contributed by atoms with van der Waals surface area (Å²) in [5.41, 5.74) is -0.186. The van der Waals surface area contributed by atoms with Gasteiger partial charge < -0.3 is 10.2 Å². The molecular weight excluding hydrogens is 245 g/mol. The third-order valence-electron chi connectivity index (χ3n) is 1.49. The lowest BCUT2D eigenvalue weighted by atomic mass is 10.2. The van der Waals surface area contributed by atoms with E-state index in [1.54, 1.807) is 0 Å². The van der Waals surface area contributed by atoms with Gasteiger partial charge in [-0.25, -0.2) is 10.3 Å². The van der Waals surface area contributed by atoms with Crippen LogP contribution in [0.1, 0.15) is 5.56 Å². The summed E-state index contributed by atoms with van der Waals surface area (Å²) in [6.45, 7) is -0.315. The number of rotatable bonds is 2. The Bertz CT molecular complexity index is 306. The minimum absolute atomic E-state index is 0.0369. The van der Waals surface area contributed by atoms with Crippen LogP contribution >= 0.6 is 15.9 Å². The van der Waals surface area contributed by atoms with Crippen LogP contribution in [0.2, 0.25) is 0 Å². The summed E-state index contributed by atoms with van der Waals surface area (Å²) < 4.78 is 13.2. The van der Waals surface area contributed by atoms with Crippen molar-refractivity contribution in [2.24, 2.45) is 5.90 Å². The lowest BCUT2D eigenvalue weighted by Crippen LogP contribution is -2.02. The molecule has 0 aliphatic heterocycles. The zero-order valence-electron chi connectivity index (χ0n) is 6.42. The van der Waals surface area contributed by atoms with Crippen molar-refractivity contribution < 1.29 is 19.4 Å². The molecule has 13 heavy (non-hydrogen) atoms. The molecule has 0 aromatic heterocycles. The van der Waals surface area contributed by atoms with Gasteiger partial charge in [0, 0.05) is 6.07 Å². The fraction of sp³-hybridized carbons (Fsp3) is 0.143. The molecule has 0 bridgehead atoms. The Balaban J connectivity index is 3.28. The lowest BCUT2D eigenvalue weighted by Gasteiger charge is -2.07. The van der Waals surface area contributed by atoms with Gasteiger partial charge in [-0.05, 0) is 15.9 Å². The van der Waals surface area contributed by atoms with Crippen LogP contribution in [-0.4, -0.2) is 10.2 Å². The van der Waals surface area contributed by atoms with Crippen LogP contribution < -0.4 is 5.90 Å². The molecule has 0 fully saturated rings. The van der Waals surface area contributed by atoms with Crippen molar-refractivity contribution in [3.05, 3.63) is 21.9 Å². The van der Waals surface area contributed by atoms with Crippen molar-refractivity contribution in [2.75, 3.05) is 0 Å². The Hall–Kier alpha value is -0.850. The summed E-state index contributed by atoms with van der Waals surface area (Å²) in [4.78, 5) is 4.17. The first-order chi connectivity index (χ1) is 6.07. The molecule has 0 spiro atoms. The van der Waals surface area contributed by atoms with E-state index in [0.29, 0.717) is 0 Å². The molecular formula is C7H7BrFNO3. The highest BCUT2D eigenvalue weighted by molar-refractivity contribution is 9.10. The van der Waals surface area contributed by atoms with Gasteiger partial charge in [-0.2, -0.15) is 0 Å². The molecule has 0 aliphatic carbocycles. The van der Waals surface area contributed by atoms with Gasteiger partial charge in [-0.3, -0.25) is 4.84 Å². The van der Waals surface area contributed by atoms with E-state index in [-0.39, 0.29) is 16.6 Å². The van der Waals surface area contributed by atoms with Crippen molar-refractivity contribution in [3.63, 3.8) is 0 Å². The predicted octanol–water partition coefficient (Wildman–Crippen LogP) is 1.39. The largest absolute Gasteiger partial charge is 0.504 e. The van der Waals surface area contributed by atoms with Gasteiger partial charge in [0.2, 0.25) is 0 Å². The number of nitrogens with two attached hydrogens (primary N) is 1. The normalized spacial score (nSPS) is 10.4. The Kier molecular flexibility index (Phi) is 3.07. The standard InChI is InChI=1S/C7H7BrFNO3/c8-4-1-5(11)7(12)3(2-13-10)6(4)9/h1,11-12H,2,10H2. The van der Waals surface area contributed by atoms with Crippen molar-refractivity contribution in [2.45, 2.75) is 6.61 Å². The molecule has 0 saturated heterocycles. The number of hydrogen-bond acceptors (Lipinski definition) is 4. The van der Waals surface area contributed by atoms with Crippen molar-refractivity contribution in [1.82, 2.24) is 0 Å². The van der Waals surface area contributed by atoms with Gasteiger partial charge >= 0.3 is 0 Å². The van der Waals surface area contributed by atoms with Gasteiger partial charge in [0.1, 0.15) is 5.82 Å². The van der Waals surface area contributed by atoms with E-state index in [2.05, 4.69) is 20.8 Å². The third-order valence-corrected chi connectivity index (χ3v) is 2.07.